The third-order valence-corrected chi connectivity index (χ3v) is 0. The summed E-state index contributed by atoms with van der Waals surface area (Å²) < 4.78 is 0. The van der Waals surface area contributed by atoms with E-state index in [-0.39, 0.29) is 17.1 Å². The van der Waals surface area contributed by atoms with Gasteiger partial charge in [-0.15, -0.1) is 0 Å². The Balaban J connectivity index is -0.00000000628. The molecule has 0 fully saturated rings. The topological polar surface area (TPSA) is 167 Å². The van der Waals surface area contributed by atoms with E-state index in [9.17, 15) is 0 Å². The molecule has 0 spiro atoms. The minimum Gasteiger partial charge on any atom is -0.512 e. The molecule has 0 saturated carbocycles. The monoisotopic (exact) mass is 239 g/mol. The molecule has 0 aliphatic rings. The van der Waals surface area contributed by atoms with Gasteiger partial charge in [-0.1, -0.05) is 0 Å². The van der Waals surface area contributed by atoms with Crippen molar-refractivity contribution in [2.45, 2.75) is 0 Å². The summed E-state index contributed by atoms with van der Waals surface area (Å²) in [5.74, 6) is 0. The summed E-state index contributed by atoms with van der Waals surface area (Å²) in [4.78, 5) is 0. The standard InChI is InChI=1S/CHN.6CN.Fe/c7*1-2;/h1H;;;;;;;/q;6*-1;+6. The molecule has 0 amide bonds. The van der Waals surface area contributed by atoms with Crippen LogP contribution in [0.3, 0.4) is 0 Å². The van der Waals surface area contributed by atoms with E-state index in [1.165, 1.54) is 0 Å². The van der Waals surface area contributed by atoms with Gasteiger partial charge in [-0.3, -0.25) is 0 Å². The fourth-order valence-electron chi connectivity index (χ4n) is 0. The van der Waals surface area contributed by atoms with Gasteiger partial charge < -0.3 is 71.0 Å². The van der Waals surface area contributed by atoms with Crippen molar-refractivity contribution in [3.05, 3.63) is 39.4 Å². The van der Waals surface area contributed by atoms with Crippen molar-refractivity contribution in [2.75, 3.05) is 0 Å². The van der Waals surface area contributed by atoms with E-state index in [4.69, 9.17) is 76.3 Å². The molecular formula is C7HFeN7. The molecule has 7 nitrogen and oxygen atoms in total. The Morgan fingerprint density at radius 3 is 0.400 bits per heavy atom. The fraction of sp³-hybridized carbons (Fsp3) is 0. The van der Waals surface area contributed by atoms with Crippen LogP contribution in [0.15, 0.2) is 0 Å². The molecule has 0 aliphatic heterocycles. The third-order valence-electron chi connectivity index (χ3n) is 0. The second-order valence-electron chi connectivity index (χ2n) is 0. The van der Waals surface area contributed by atoms with Crippen molar-refractivity contribution < 1.29 is 17.1 Å². The molecule has 0 N–H and O–H groups in total. The zero-order valence-corrected chi connectivity index (χ0v) is 8.17. The summed E-state index contributed by atoms with van der Waals surface area (Å²) in [6.45, 7) is 32.0. The molecule has 0 saturated heterocycles. The van der Waals surface area contributed by atoms with Crippen molar-refractivity contribution in [1.82, 2.24) is 0 Å². The third kappa shape index (κ3) is 94.2. The predicted octanol–water partition coefficient (Wildman–Crippen LogP) is 0.715. The molecule has 0 aromatic carbocycles. The fourth-order valence-corrected chi connectivity index (χ4v) is 0. The Morgan fingerprint density at radius 1 is 0.400 bits per heavy atom. The van der Waals surface area contributed by atoms with Crippen LogP contribution in [-0.4, -0.2) is 0 Å². The predicted molar refractivity (Wildman–Crippen MR) is 36.5 cm³/mol. The van der Waals surface area contributed by atoms with E-state index in [0.29, 0.717) is 0 Å². The van der Waals surface area contributed by atoms with Crippen LogP contribution in [0, 0.1) is 82.8 Å². The average Bonchev–Trinajstić information content (AvgIpc) is 2.45. The number of nitriles is 1. The molecule has 8 heteroatoms. The van der Waals surface area contributed by atoms with Gasteiger partial charge in [0, 0.05) is 6.57 Å². The van der Waals surface area contributed by atoms with Gasteiger partial charge in [0.05, 0.1) is 0 Å². The average molecular weight is 239 g/mol. The van der Waals surface area contributed by atoms with E-state index in [2.05, 4.69) is 6.57 Å². The number of rotatable bonds is 0. The van der Waals surface area contributed by atoms with Crippen molar-refractivity contribution in [3.63, 3.8) is 0 Å². The van der Waals surface area contributed by atoms with Gasteiger partial charge in [-0.2, -0.15) is 0 Å². The van der Waals surface area contributed by atoms with Crippen LogP contribution >= 0.6 is 0 Å². The van der Waals surface area contributed by atoms with E-state index in [0.717, 1.165) is 0 Å². The molecule has 0 unspecified atom stereocenters. The van der Waals surface area contributed by atoms with Crippen LogP contribution in [0.1, 0.15) is 0 Å². The maximum absolute atomic E-state index is 6.50. The molecular weight excluding hydrogens is 238 g/mol. The Kier molecular flexibility index (Phi) is 713. The smallest absolute Gasteiger partial charge is 0.512 e. The first-order valence-electron chi connectivity index (χ1n) is 1.60. The minimum atomic E-state index is 0. The van der Waals surface area contributed by atoms with E-state index >= 15 is 0 Å². The second-order valence-corrected chi connectivity index (χ2v) is 0. The van der Waals surface area contributed by atoms with Gasteiger partial charge in [-0.05, 0) is 0 Å². The van der Waals surface area contributed by atoms with Gasteiger partial charge in [0.15, 0.2) is 0 Å². The molecule has 72 valence electrons. The van der Waals surface area contributed by atoms with Gasteiger partial charge in [0.2, 0.25) is 0 Å². The first-order chi connectivity index (χ1) is 7.00. The van der Waals surface area contributed by atoms with Crippen LogP contribution in [0.4, 0.5) is 0 Å². The molecule has 0 aromatic heterocycles. The molecule has 0 aliphatic carbocycles. The Morgan fingerprint density at radius 2 is 0.400 bits per heavy atom. The SMILES string of the molecule is C#N.[C-]#N.[C-]#N.[C-]#N.[C-]#N.[C-]#N.[C-]#N.[Fe+6]. The Hall–Kier alpha value is -3.05. The molecule has 0 atom stereocenters. The van der Waals surface area contributed by atoms with Crippen molar-refractivity contribution in [2.24, 2.45) is 0 Å². The Bertz CT molecular complexity index is 112. The Labute approximate surface area is 100 Å². The summed E-state index contributed by atoms with van der Waals surface area (Å²) in [6, 6.07) is 0. The van der Waals surface area contributed by atoms with Crippen LogP contribution in [-0.2, 0) is 17.1 Å². The summed E-state index contributed by atoms with van der Waals surface area (Å²) >= 11 is 0. The molecule has 0 aromatic rings. The summed E-state index contributed by atoms with van der Waals surface area (Å²) in [6.07, 6.45) is 0. The van der Waals surface area contributed by atoms with Crippen molar-refractivity contribution >= 4 is 0 Å². The number of hydrogen-bond donors (Lipinski definition) is 0. The number of nitrogens with zero attached hydrogens (tertiary/aromatic N) is 7. The molecule has 0 rings (SSSR count). The maximum Gasteiger partial charge on any atom is 6.00 e. The maximum atomic E-state index is 6.50. The quantitative estimate of drug-likeness (QED) is 0.442. The van der Waals surface area contributed by atoms with Gasteiger partial charge >= 0.3 is 17.1 Å². The minimum absolute atomic E-state index is 0. The van der Waals surface area contributed by atoms with Crippen LogP contribution in [0.5, 0.6) is 0 Å². The van der Waals surface area contributed by atoms with Crippen molar-refractivity contribution in [1.29, 1.82) is 36.8 Å². The number of hydrogen-bond acceptors (Lipinski definition) is 7. The first-order valence-corrected chi connectivity index (χ1v) is 1.60. The first kappa shape index (κ1) is 91.8. The largest absolute Gasteiger partial charge is 6.00 e. The zero-order chi connectivity index (χ0) is 14.0. The van der Waals surface area contributed by atoms with Crippen LogP contribution in [0.2, 0.25) is 0 Å². The van der Waals surface area contributed by atoms with Crippen molar-refractivity contribution in [3.8, 4) is 6.57 Å². The van der Waals surface area contributed by atoms with Crippen LogP contribution in [0.25, 0.3) is 0 Å². The van der Waals surface area contributed by atoms with Gasteiger partial charge in [-0.25, -0.2) is 5.26 Å². The molecule has 15 heavy (non-hydrogen) atoms. The zero-order valence-electron chi connectivity index (χ0n) is 7.06. The molecule has 0 bridgehead atoms. The van der Waals surface area contributed by atoms with E-state index in [1.807, 2.05) is 0 Å². The summed E-state index contributed by atoms with van der Waals surface area (Å²) in [5.41, 5.74) is 0. The normalized spacial score (nSPS) is 0.933. The van der Waals surface area contributed by atoms with Gasteiger partial charge in [0.1, 0.15) is 0 Å². The van der Waals surface area contributed by atoms with E-state index < -0.39 is 0 Å². The van der Waals surface area contributed by atoms with Crippen LogP contribution < -0.4 is 0 Å². The molecule has 0 radical (unpaired) electrons. The second kappa shape index (κ2) is 116. The molecule has 0 heterocycles. The summed E-state index contributed by atoms with van der Waals surface area (Å²) in [5, 5.41) is 44.0. The summed E-state index contributed by atoms with van der Waals surface area (Å²) in [7, 11) is 0. The van der Waals surface area contributed by atoms with Gasteiger partial charge in [0.25, 0.3) is 0 Å². The van der Waals surface area contributed by atoms with E-state index in [1.54, 1.807) is 0 Å².